The fourth-order valence-corrected chi connectivity index (χ4v) is 14.8. The van der Waals surface area contributed by atoms with Crippen molar-refractivity contribution in [3.8, 4) is 0 Å². The van der Waals surface area contributed by atoms with Gasteiger partial charge < -0.3 is 0 Å². The predicted molar refractivity (Wildman–Crippen MR) is 70.3 cm³/mol. The van der Waals surface area contributed by atoms with Gasteiger partial charge in [-0.15, -0.1) is 0 Å². The van der Waals surface area contributed by atoms with Gasteiger partial charge in [-0.1, -0.05) is 46.7 Å². The molecule has 0 aliphatic carbocycles. The van der Waals surface area contributed by atoms with Crippen LogP contribution in [0.1, 0.15) is 34.6 Å². The maximum absolute atomic E-state index is 2.47. The normalized spacial score (nSPS) is 39.0. The van der Waals surface area contributed by atoms with E-state index in [0.29, 0.717) is 0 Å². The maximum Gasteiger partial charge on any atom is 0.129 e. The minimum atomic E-state index is -0.959. The molecule has 3 atom stereocenters. The molecule has 0 aromatic rings. The second kappa shape index (κ2) is 4.62. The number of hydrogen-bond acceptors (Lipinski definition) is 2. The summed E-state index contributed by atoms with van der Waals surface area (Å²) in [6.07, 6.45) is 0. The van der Waals surface area contributed by atoms with Gasteiger partial charge in [0.05, 0.1) is 0 Å². The third-order valence-electron chi connectivity index (χ3n) is 3.44. The van der Waals surface area contributed by atoms with Crippen molar-refractivity contribution in [2.75, 3.05) is 0 Å². The SMILES string of the molecule is CC[Si]1(CC)SC(C)C(C)SC1C. The van der Waals surface area contributed by atoms with E-state index in [-0.39, 0.29) is 0 Å². The van der Waals surface area contributed by atoms with E-state index in [4.69, 9.17) is 0 Å². The molecule has 13 heavy (non-hydrogen) atoms. The topological polar surface area (TPSA) is 0 Å². The highest BCUT2D eigenvalue weighted by Crippen LogP contribution is 2.48. The van der Waals surface area contributed by atoms with Gasteiger partial charge in [0.15, 0.2) is 0 Å². The molecule has 0 spiro atoms. The summed E-state index contributed by atoms with van der Waals surface area (Å²) in [4.78, 5) is 0.957. The lowest BCUT2D eigenvalue weighted by atomic mass is 10.4. The molecule has 0 bridgehead atoms. The molecular formula is C10H22S2Si. The van der Waals surface area contributed by atoms with Crippen molar-refractivity contribution in [3.63, 3.8) is 0 Å². The second-order valence-corrected chi connectivity index (χ2v) is 14.8. The second-order valence-electron chi connectivity index (χ2n) is 4.08. The van der Waals surface area contributed by atoms with E-state index < -0.39 is 7.22 Å². The summed E-state index contributed by atoms with van der Waals surface area (Å²) in [5, 5.41) is 1.74. The Labute approximate surface area is 92.3 Å². The summed E-state index contributed by atoms with van der Waals surface area (Å²) in [6.45, 7) is 12.1. The molecule has 1 saturated heterocycles. The first kappa shape index (κ1) is 12.0. The third-order valence-corrected chi connectivity index (χ3v) is 17.5. The minimum absolute atomic E-state index is 0.860. The van der Waals surface area contributed by atoms with Gasteiger partial charge in [0.1, 0.15) is 7.22 Å². The highest BCUT2D eigenvalue weighted by atomic mass is 32.4. The van der Waals surface area contributed by atoms with Crippen LogP contribution in [0.2, 0.25) is 12.1 Å². The molecular weight excluding hydrogens is 212 g/mol. The Kier molecular flexibility index (Phi) is 4.26. The highest BCUT2D eigenvalue weighted by molar-refractivity contribution is 8.33. The molecule has 78 valence electrons. The van der Waals surface area contributed by atoms with E-state index in [9.17, 15) is 0 Å². The molecule has 0 amide bonds. The zero-order valence-electron chi connectivity index (χ0n) is 9.46. The van der Waals surface area contributed by atoms with Crippen LogP contribution in [0.4, 0.5) is 0 Å². The molecule has 0 aromatic carbocycles. The molecule has 3 unspecified atom stereocenters. The summed E-state index contributed by atoms with van der Waals surface area (Å²) in [5.74, 6) is 0. The van der Waals surface area contributed by atoms with Gasteiger partial charge in [-0.05, 0) is 0 Å². The maximum atomic E-state index is 2.47. The van der Waals surface area contributed by atoms with E-state index in [2.05, 4.69) is 57.6 Å². The van der Waals surface area contributed by atoms with Gasteiger partial charge in [0, 0.05) is 15.4 Å². The third kappa shape index (κ3) is 2.29. The van der Waals surface area contributed by atoms with Crippen LogP contribution in [-0.4, -0.2) is 22.6 Å². The Bertz CT molecular complexity index is 168. The fraction of sp³-hybridized carbons (Fsp3) is 1.00. The average molecular weight is 235 g/mol. The van der Waals surface area contributed by atoms with Crippen molar-refractivity contribution >= 4 is 30.2 Å². The van der Waals surface area contributed by atoms with Crippen molar-refractivity contribution in [2.24, 2.45) is 0 Å². The number of rotatable bonds is 2. The average Bonchev–Trinajstić information content (AvgIpc) is 2.12. The molecule has 0 N–H and O–H groups in total. The Morgan fingerprint density at radius 3 is 2.00 bits per heavy atom. The van der Waals surface area contributed by atoms with E-state index >= 15 is 0 Å². The largest absolute Gasteiger partial charge is 0.180 e. The van der Waals surface area contributed by atoms with Gasteiger partial charge in [-0.2, -0.15) is 23.0 Å². The van der Waals surface area contributed by atoms with Gasteiger partial charge in [0.25, 0.3) is 0 Å². The Balaban J connectivity index is 2.74. The summed E-state index contributed by atoms with van der Waals surface area (Å²) in [5.41, 5.74) is 0. The lowest BCUT2D eigenvalue weighted by Crippen LogP contribution is -2.47. The molecule has 0 aromatic heterocycles. The summed E-state index contributed by atoms with van der Waals surface area (Å²) in [6, 6.07) is 2.92. The van der Waals surface area contributed by atoms with Crippen molar-refractivity contribution < 1.29 is 0 Å². The Morgan fingerprint density at radius 1 is 1.00 bits per heavy atom. The van der Waals surface area contributed by atoms with Gasteiger partial charge in [-0.3, -0.25) is 0 Å². The molecule has 1 aliphatic heterocycles. The smallest absolute Gasteiger partial charge is 0.129 e. The monoisotopic (exact) mass is 234 g/mol. The molecule has 1 heterocycles. The first-order valence-electron chi connectivity index (χ1n) is 5.39. The molecule has 0 saturated carbocycles. The van der Waals surface area contributed by atoms with E-state index in [1.807, 2.05) is 0 Å². The zero-order chi connectivity index (χ0) is 10.1. The lowest BCUT2D eigenvalue weighted by molar-refractivity contribution is 0.918. The predicted octanol–water partition coefficient (Wildman–Crippen LogP) is 4.16. The van der Waals surface area contributed by atoms with Gasteiger partial charge >= 0.3 is 0 Å². The summed E-state index contributed by atoms with van der Waals surface area (Å²) < 4.78 is 0. The van der Waals surface area contributed by atoms with Crippen molar-refractivity contribution in [1.82, 2.24) is 0 Å². The Hall–Kier alpha value is 0.917. The standard InChI is InChI=1S/C10H22S2Si/c1-6-13(7-2)10(5)11-8(3)9(4)12-13/h8-10H,6-7H2,1-5H3. The van der Waals surface area contributed by atoms with Crippen molar-refractivity contribution in [2.45, 2.75) is 62.1 Å². The molecule has 1 fully saturated rings. The lowest BCUT2D eigenvalue weighted by Gasteiger charge is -2.44. The van der Waals surface area contributed by atoms with Crippen LogP contribution in [-0.2, 0) is 0 Å². The first-order chi connectivity index (χ1) is 6.05. The van der Waals surface area contributed by atoms with Crippen LogP contribution in [0, 0.1) is 0 Å². The molecule has 0 radical (unpaired) electrons. The van der Waals surface area contributed by atoms with Crippen LogP contribution in [0.3, 0.4) is 0 Å². The molecule has 0 nitrogen and oxygen atoms in total. The number of hydrogen-bond donors (Lipinski definition) is 0. The molecule has 3 heteroatoms. The van der Waals surface area contributed by atoms with Crippen molar-refractivity contribution in [3.05, 3.63) is 0 Å². The van der Waals surface area contributed by atoms with Crippen LogP contribution in [0.5, 0.6) is 0 Å². The van der Waals surface area contributed by atoms with E-state index in [0.717, 1.165) is 15.4 Å². The van der Waals surface area contributed by atoms with Crippen molar-refractivity contribution in [1.29, 1.82) is 0 Å². The summed E-state index contributed by atoms with van der Waals surface area (Å²) >= 11 is 4.61. The van der Waals surface area contributed by atoms with Gasteiger partial charge in [0.2, 0.25) is 0 Å². The highest BCUT2D eigenvalue weighted by Gasteiger charge is 2.43. The quantitative estimate of drug-likeness (QED) is 0.658. The molecule has 1 rings (SSSR count). The van der Waals surface area contributed by atoms with E-state index in [1.165, 1.54) is 12.1 Å². The van der Waals surface area contributed by atoms with E-state index in [1.54, 1.807) is 0 Å². The van der Waals surface area contributed by atoms with Crippen LogP contribution in [0.25, 0.3) is 0 Å². The fourth-order valence-electron chi connectivity index (χ4n) is 2.11. The zero-order valence-corrected chi connectivity index (χ0v) is 12.1. The minimum Gasteiger partial charge on any atom is -0.180 e. The van der Waals surface area contributed by atoms with Crippen LogP contribution in [0.15, 0.2) is 0 Å². The summed E-state index contributed by atoms with van der Waals surface area (Å²) in [7, 11) is -0.959. The first-order valence-corrected chi connectivity index (χ1v) is 10.4. The van der Waals surface area contributed by atoms with Crippen LogP contribution >= 0.6 is 23.0 Å². The number of thioether (sulfide) groups is 1. The molecule has 1 aliphatic rings. The Morgan fingerprint density at radius 2 is 1.54 bits per heavy atom. The van der Waals surface area contributed by atoms with Crippen LogP contribution < -0.4 is 0 Å². The van der Waals surface area contributed by atoms with Gasteiger partial charge in [-0.25, -0.2) is 0 Å².